The summed E-state index contributed by atoms with van der Waals surface area (Å²) < 4.78 is 40.5. The number of carbonyl (C=O) groups is 3. The molecule has 0 spiro atoms. The van der Waals surface area contributed by atoms with E-state index in [2.05, 4.69) is 15.0 Å². The van der Waals surface area contributed by atoms with Crippen molar-refractivity contribution in [3.63, 3.8) is 0 Å². The van der Waals surface area contributed by atoms with Crippen molar-refractivity contribution < 1.29 is 32.6 Å². The summed E-state index contributed by atoms with van der Waals surface area (Å²) in [6, 6.07) is 6.78. The monoisotopic (exact) mass is 469 g/mol. The van der Waals surface area contributed by atoms with Crippen LogP contribution in [-0.4, -0.2) is 36.0 Å². The number of nitrogens with two attached hydrogens (primary N) is 1. The van der Waals surface area contributed by atoms with E-state index in [9.17, 15) is 14.4 Å². The molecule has 10 heteroatoms. The summed E-state index contributed by atoms with van der Waals surface area (Å²) in [5.41, 5.74) is 4.68. The molecule has 3 aromatic rings. The van der Waals surface area contributed by atoms with Crippen LogP contribution in [0.4, 0.5) is 13.6 Å². The first-order valence-corrected chi connectivity index (χ1v) is 10.6. The first kappa shape index (κ1) is 23.1. The van der Waals surface area contributed by atoms with Gasteiger partial charge in [-0.1, -0.05) is 12.1 Å². The number of fused-ring (bicyclic) bond motifs is 2. The number of nitrogens with one attached hydrogen (secondary N) is 1. The molecule has 176 valence electrons. The van der Waals surface area contributed by atoms with Gasteiger partial charge in [0.15, 0.2) is 12.4 Å². The highest BCUT2D eigenvalue weighted by Gasteiger charge is 2.32. The Labute approximate surface area is 193 Å². The molecule has 1 aliphatic rings. The van der Waals surface area contributed by atoms with Crippen LogP contribution in [0.2, 0.25) is 0 Å². The summed E-state index contributed by atoms with van der Waals surface area (Å²) in [4.78, 5) is 40.1. The number of halogens is 2. The van der Waals surface area contributed by atoms with E-state index >= 15 is 8.78 Å². The largest absolute Gasteiger partial charge is 0.478 e. The standard InChI is InChI=1S/C24H21F2N3O5/c1-2-33-23-15-5-3-4-14(12(15)8-9-28-23)22(31)20-17(25)10-16-13(21(20)26)6-7-18(16)29-19(30)11-34-24(27)32/h3-5,8-10,18H,2,6-7,11H2,1H3,(H2,27,32)(H,29,30). The number of ether oxygens (including phenoxy) is 2. The minimum absolute atomic E-state index is 0.116. The predicted molar refractivity (Wildman–Crippen MR) is 117 cm³/mol. The van der Waals surface area contributed by atoms with Gasteiger partial charge in [-0.25, -0.2) is 18.6 Å². The number of pyridine rings is 1. The molecular weight excluding hydrogens is 448 g/mol. The normalized spacial score (nSPS) is 14.5. The van der Waals surface area contributed by atoms with E-state index in [1.807, 2.05) is 0 Å². The molecular formula is C24H21F2N3O5. The van der Waals surface area contributed by atoms with Crippen molar-refractivity contribution in [2.45, 2.75) is 25.8 Å². The van der Waals surface area contributed by atoms with Gasteiger partial charge < -0.3 is 20.5 Å². The van der Waals surface area contributed by atoms with E-state index in [0.29, 0.717) is 29.7 Å². The number of aromatic nitrogens is 1. The van der Waals surface area contributed by atoms with Crippen LogP contribution in [-0.2, 0) is 16.0 Å². The summed E-state index contributed by atoms with van der Waals surface area (Å²) >= 11 is 0. The molecule has 2 amide bonds. The summed E-state index contributed by atoms with van der Waals surface area (Å²) in [7, 11) is 0. The maximum Gasteiger partial charge on any atom is 0.405 e. The molecule has 1 aromatic heterocycles. The van der Waals surface area contributed by atoms with Crippen molar-refractivity contribution in [1.29, 1.82) is 0 Å². The molecule has 1 heterocycles. The van der Waals surface area contributed by atoms with E-state index in [1.54, 1.807) is 25.1 Å². The molecule has 2 aromatic carbocycles. The topological polar surface area (TPSA) is 121 Å². The zero-order valence-electron chi connectivity index (χ0n) is 18.2. The summed E-state index contributed by atoms with van der Waals surface area (Å²) in [6.45, 7) is 1.55. The van der Waals surface area contributed by atoms with Gasteiger partial charge in [0.25, 0.3) is 5.91 Å². The van der Waals surface area contributed by atoms with Crippen molar-refractivity contribution in [2.24, 2.45) is 5.73 Å². The zero-order chi connectivity index (χ0) is 24.4. The second-order valence-electron chi connectivity index (χ2n) is 7.66. The average molecular weight is 469 g/mol. The molecule has 0 radical (unpaired) electrons. The highest BCUT2D eigenvalue weighted by Crippen LogP contribution is 2.37. The molecule has 0 fully saturated rings. The second-order valence-corrected chi connectivity index (χ2v) is 7.66. The number of nitrogens with zero attached hydrogens (tertiary/aromatic N) is 1. The number of benzene rings is 2. The van der Waals surface area contributed by atoms with Gasteiger partial charge in [-0.3, -0.25) is 9.59 Å². The van der Waals surface area contributed by atoms with Crippen molar-refractivity contribution in [3.05, 3.63) is 70.4 Å². The number of hydrogen-bond donors (Lipinski definition) is 2. The third-order valence-electron chi connectivity index (χ3n) is 5.62. The van der Waals surface area contributed by atoms with Crippen LogP contribution in [0.3, 0.4) is 0 Å². The van der Waals surface area contributed by atoms with Crippen LogP contribution in [0.25, 0.3) is 10.8 Å². The van der Waals surface area contributed by atoms with E-state index < -0.39 is 47.6 Å². The maximum absolute atomic E-state index is 15.4. The van der Waals surface area contributed by atoms with E-state index in [0.717, 1.165) is 6.07 Å². The van der Waals surface area contributed by atoms with Crippen molar-refractivity contribution >= 4 is 28.6 Å². The Balaban J connectivity index is 1.69. The Hall–Kier alpha value is -4.08. The van der Waals surface area contributed by atoms with Gasteiger partial charge in [-0.05, 0) is 54.5 Å². The molecule has 4 rings (SSSR count). The van der Waals surface area contributed by atoms with E-state index in [4.69, 9.17) is 10.5 Å². The number of carbonyl (C=O) groups excluding carboxylic acids is 3. The number of ketones is 1. The lowest BCUT2D eigenvalue weighted by Gasteiger charge is -2.16. The minimum atomic E-state index is -1.11. The van der Waals surface area contributed by atoms with Crippen LogP contribution >= 0.6 is 0 Å². The van der Waals surface area contributed by atoms with Gasteiger partial charge >= 0.3 is 6.09 Å². The number of amides is 2. The number of primary amides is 1. The Morgan fingerprint density at radius 3 is 2.74 bits per heavy atom. The highest BCUT2D eigenvalue weighted by atomic mass is 19.1. The van der Waals surface area contributed by atoms with Crippen LogP contribution in [0, 0.1) is 11.6 Å². The van der Waals surface area contributed by atoms with E-state index in [-0.39, 0.29) is 23.1 Å². The lowest BCUT2D eigenvalue weighted by atomic mass is 9.94. The third-order valence-corrected chi connectivity index (χ3v) is 5.62. The van der Waals surface area contributed by atoms with Gasteiger partial charge in [-0.2, -0.15) is 0 Å². The Morgan fingerprint density at radius 2 is 2.00 bits per heavy atom. The van der Waals surface area contributed by atoms with Crippen LogP contribution in [0.1, 0.15) is 46.4 Å². The zero-order valence-corrected chi connectivity index (χ0v) is 18.2. The van der Waals surface area contributed by atoms with Gasteiger partial charge in [0.2, 0.25) is 5.88 Å². The molecule has 1 atom stereocenters. The fraction of sp³-hybridized carbons (Fsp3) is 0.250. The van der Waals surface area contributed by atoms with Gasteiger partial charge in [0, 0.05) is 17.1 Å². The fourth-order valence-electron chi connectivity index (χ4n) is 4.18. The molecule has 0 saturated heterocycles. The minimum Gasteiger partial charge on any atom is -0.478 e. The fourth-order valence-corrected chi connectivity index (χ4v) is 4.18. The van der Waals surface area contributed by atoms with Crippen LogP contribution < -0.4 is 15.8 Å². The molecule has 34 heavy (non-hydrogen) atoms. The van der Waals surface area contributed by atoms with E-state index in [1.165, 1.54) is 12.3 Å². The average Bonchev–Trinajstić information content (AvgIpc) is 3.20. The predicted octanol–water partition coefficient (Wildman–Crippen LogP) is 3.34. The first-order valence-electron chi connectivity index (χ1n) is 10.6. The number of rotatable bonds is 7. The third kappa shape index (κ3) is 4.26. The highest BCUT2D eigenvalue weighted by molar-refractivity contribution is 6.17. The lowest BCUT2D eigenvalue weighted by molar-refractivity contribution is -0.124. The Bertz CT molecular complexity index is 1310. The molecule has 8 nitrogen and oxygen atoms in total. The molecule has 3 N–H and O–H groups in total. The van der Waals surface area contributed by atoms with Crippen molar-refractivity contribution in [3.8, 4) is 5.88 Å². The smallest absolute Gasteiger partial charge is 0.405 e. The summed E-state index contributed by atoms with van der Waals surface area (Å²) in [5, 5.41) is 3.57. The SMILES string of the molecule is CCOc1nccc2c(C(=O)c3c(F)cc4c(c3F)CCC4NC(=O)COC(N)=O)cccc12. The second kappa shape index (κ2) is 9.42. The molecule has 0 aliphatic heterocycles. The quantitative estimate of drug-likeness (QED) is 0.512. The Kier molecular flexibility index (Phi) is 6.40. The van der Waals surface area contributed by atoms with Crippen LogP contribution in [0.15, 0.2) is 36.5 Å². The first-order chi connectivity index (χ1) is 16.3. The van der Waals surface area contributed by atoms with Crippen molar-refractivity contribution in [2.75, 3.05) is 13.2 Å². The molecule has 1 unspecified atom stereocenters. The molecule has 0 saturated carbocycles. The number of hydrogen-bond acceptors (Lipinski definition) is 6. The van der Waals surface area contributed by atoms with Gasteiger partial charge in [0.1, 0.15) is 11.6 Å². The lowest BCUT2D eigenvalue weighted by Crippen LogP contribution is -2.32. The van der Waals surface area contributed by atoms with Crippen molar-refractivity contribution in [1.82, 2.24) is 10.3 Å². The maximum atomic E-state index is 15.4. The summed E-state index contributed by atoms with van der Waals surface area (Å²) in [5.74, 6) is -3.14. The summed E-state index contributed by atoms with van der Waals surface area (Å²) in [6.07, 6.45) is 0.842. The molecule has 1 aliphatic carbocycles. The van der Waals surface area contributed by atoms with Crippen LogP contribution in [0.5, 0.6) is 5.88 Å². The van der Waals surface area contributed by atoms with Gasteiger partial charge in [-0.15, -0.1) is 0 Å². The Morgan fingerprint density at radius 1 is 1.21 bits per heavy atom. The molecule has 0 bridgehead atoms. The van der Waals surface area contributed by atoms with Gasteiger partial charge in [0.05, 0.1) is 18.2 Å².